The molecule has 1 aromatic rings. The first-order valence-electron chi connectivity index (χ1n) is 6.74. The molecule has 1 saturated heterocycles. The number of nitrogens with two attached hydrogens (primary N) is 1. The minimum Gasteiger partial charge on any atom is -0.488 e. The number of hydrogen-bond donors (Lipinski definition) is 2. The molecule has 3 N–H and O–H groups in total. The molecule has 0 aliphatic carbocycles. The van der Waals surface area contributed by atoms with Crippen molar-refractivity contribution in [2.75, 3.05) is 6.54 Å². The molecule has 0 aromatic heterocycles. The molecule has 18 heavy (non-hydrogen) atoms. The molecule has 3 nitrogen and oxygen atoms in total. The lowest BCUT2D eigenvalue weighted by Gasteiger charge is -2.23. The van der Waals surface area contributed by atoms with E-state index in [0.717, 1.165) is 12.3 Å². The van der Waals surface area contributed by atoms with Crippen LogP contribution in [0.25, 0.3) is 0 Å². The number of nitrogens with one attached hydrogen (secondary N) is 1. The van der Waals surface area contributed by atoms with Crippen LogP contribution in [0.1, 0.15) is 45.2 Å². The third kappa shape index (κ3) is 3.47. The van der Waals surface area contributed by atoms with Gasteiger partial charge in [-0.3, -0.25) is 0 Å². The average molecular weight is 248 g/mol. The largest absolute Gasteiger partial charge is 0.488 e. The molecule has 0 saturated carbocycles. The van der Waals surface area contributed by atoms with Gasteiger partial charge in [0.05, 0.1) is 0 Å². The molecule has 2 unspecified atom stereocenters. The number of benzene rings is 1. The van der Waals surface area contributed by atoms with Crippen LogP contribution in [0.3, 0.4) is 0 Å². The average Bonchev–Trinajstić information content (AvgIpc) is 2.80. The van der Waals surface area contributed by atoms with Crippen LogP contribution in [-0.2, 0) is 0 Å². The molecular weight excluding hydrogens is 224 g/mol. The quantitative estimate of drug-likeness (QED) is 0.864. The maximum absolute atomic E-state index is 6.27. The molecule has 2 rings (SSSR count). The van der Waals surface area contributed by atoms with Crippen LogP contribution in [0, 0.1) is 0 Å². The van der Waals surface area contributed by atoms with Crippen molar-refractivity contribution in [1.29, 1.82) is 0 Å². The zero-order valence-electron chi connectivity index (χ0n) is 11.6. The summed E-state index contributed by atoms with van der Waals surface area (Å²) in [6, 6.07) is 8.66. The Morgan fingerprint density at radius 2 is 1.94 bits per heavy atom. The van der Waals surface area contributed by atoms with E-state index in [-0.39, 0.29) is 11.6 Å². The van der Waals surface area contributed by atoms with E-state index < -0.39 is 0 Å². The molecule has 0 bridgehead atoms. The monoisotopic (exact) mass is 248 g/mol. The zero-order valence-corrected chi connectivity index (χ0v) is 11.6. The minimum atomic E-state index is -0.156. The Morgan fingerprint density at radius 1 is 1.28 bits per heavy atom. The van der Waals surface area contributed by atoms with Gasteiger partial charge in [-0.2, -0.15) is 0 Å². The van der Waals surface area contributed by atoms with E-state index in [1.54, 1.807) is 0 Å². The van der Waals surface area contributed by atoms with Crippen molar-refractivity contribution in [2.24, 2.45) is 5.73 Å². The summed E-state index contributed by atoms with van der Waals surface area (Å²) in [5, 5.41) is 3.45. The predicted molar refractivity (Wildman–Crippen MR) is 74.8 cm³/mol. The molecule has 0 amide bonds. The molecule has 1 fully saturated rings. The fourth-order valence-corrected chi connectivity index (χ4v) is 2.36. The second-order valence-electron chi connectivity index (χ2n) is 6.01. The molecule has 100 valence electrons. The molecule has 3 heteroatoms. The number of hydrogen-bond acceptors (Lipinski definition) is 3. The van der Waals surface area contributed by atoms with Crippen LogP contribution < -0.4 is 15.8 Å². The molecule has 1 aliphatic rings. The first-order chi connectivity index (χ1) is 8.46. The second kappa shape index (κ2) is 5.29. The zero-order chi connectivity index (χ0) is 13.2. The van der Waals surface area contributed by atoms with Crippen LogP contribution in [0.4, 0.5) is 0 Å². The van der Waals surface area contributed by atoms with Gasteiger partial charge in [0, 0.05) is 12.1 Å². The molecule has 0 spiro atoms. The number of rotatable bonds is 3. The molecule has 1 heterocycles. The third-order valence-electron chi connectivity index (χ3n) is 3.22. The summed E-state index contributed by atoms with van der Waals surface area (Å²) < 4.78 is 5.81. The summed E-state index contributed by atoms with van der Waals surface area (Å²) in [7, 11) is 0. The molecule has 2 atom stereocenters. The Balaban J connectivity index is 2.02. The van der Waals surface area contributed by atoms with Gasteiger partial charge >= 0.3 is 0 Å². The van der Waals surface area contributed by atoms with Gasteiger partial charge < -0.3 is 15.8 Å². The van der Waals surface area contributed by atoms with E-state index >= 15 is 0 Å². The standard InChI is InChI=1S/C15H24N2O/c1-15(2,3)18-12-8-6-11(7-9-12)14(16)13-5-4-10-17-13/h6-9,13-14,17H,4-5,10,16H2,1-3H3. The Kier molecular flexibility index (Phi) is 3.93. The van der Waals surface area contributed by atoms with E-state index in [4.69, 9.17) is 10.5 Å². The highest BCUT2D eigenvalue weighted by Crippen LogP contribution is 2.24. The van der Waals surface area contributed by atoms with Gasteiger partial charge in [-0.1, -0.05) is 12.1 Å². The van der Waals surface area contributed by atoms with Crippen molar-refractivity contribution in [2.45, 2.75) is 51.3 Å². The van der Waals surface area contributed by atoms with Gasteiger partial charge in [0.1, 0.15) is 11.4 Å². The Labute approximate surface area is 110 Å². The summed E-state index contributed by atoms with van der Waals surface area (Å²) in [5.41, 5.74) is 7.29. The lowest BCUT2D eigenvalue weighted by Crippen LogP contribution is -2.34. The van der Waals surface area contributed by atoms with Crippen molar-refractivity contribution in [3.8, 4) is 5.75 Å². The van der Waals surface area contributed by atoms with Crippen molar-refractivity contribution in [3.05, 3.63) is 29.8 Å². The second-order valence-corrected chi connectivity index (χ2v) is 6.01. The van der Waals surface area contributed by atoms with Gasteiger partial charge in [0.15, 0.2) is 0 Å². The normalized spacial score (nSPS) is 21.9. The van der Waals surface area contributed by atoms with E-state index in [0.29, 0.717) is 6.04 Å². The fourth-order valence-electron chi connectivity index (χ4n) is 2.36. The van der Waals surface area contributed by atoms with Crippen LogP contribution >= 0.6 is 0 Å². The van der Waals surface area contributed by atoms with E-state index in [1.165, 1.54) is 18.4 Å². The van der Waals surface area contributed by atoms with Gasteiger partial charge in [-0.15, -0.1) is 0 Å². The van der Waals surface area contributed by atoms with Gasteiger partial charge in [-0.05, 0) is 57.9 Å². The highest BCUT2D eigenvalue weighted by atomic mass is 16.5. The lowest BCUT2D eigenvalue weighted by molar-refractivity contribution is 0.131. The Bertz CT molecular complexity index is 374. The molecule has 1 aliphatic heterocycles. The van der Waals surface area contributed by atoms with E-state index in [9.17, 15) is 0 Å². The van der Waals surface area contributed by atoms with Crippen molar-refractivity contribution in [3.63, 3.8) is 0 Å². The van der Waals surface area contributed by atoms with Gasteiger partial charge in [-0.25, -0.2) is 0 Å². The molecule has 0 radical (unpaired) electrons. The van der Waals surface area contributed by atoms with Crippen LogP contribution in [0.2, 0.25) is 0 Å². The van der Waals surface area contributed by atoms with Crippen LogP contribution in [0.15, 0.2) is 24.3 Å². The third-order valence-corrected chi connectivity index (χ3v) is 3.22. The summed E-state index contributed by atoms with van der Waals surface area (Å²) in [6.07, 6.45) is 2.39. The maximum atomic E-state index is 6.27. The van der Waals surface area contributed by atoms with E-state index in [1.807, 2.05) is 12.1 Å². The molecule has 1 aromatic carbocycles. The first kappa shape index (κ1) is 13.4. The summed E-state index contributed by atoms with van der Waals surface area (Å²) in [5.74, 6) is 0.901. The van der Waals surface area contributed by atoms with Crippen LogP contribution in [0.5, 0.6) is 5.75 Å². The highest BCUT2D eigenvalue weighted by molar-refractivity contribution is 5.30. The van der Waals surface area contributed by atoms with Crippen molar-refractivity contribution >= 4 is 0 Å². The van der Waals surface area contributed by atoms with Crippen LogP contribution in [-0.4, -0.2) is 18.2 Å². The van der Waals surface area contributed by atoms with E-state index in [2.05, 4.69) is 38.2 Å². The Morgan fingerprint density at radius 3 is 2.44 bits per heavy atom. The van der Waals surface area contributed by atoms with Gasteiger partial charge in [0.25, 0.3) is 0 Å². The minimum absolute atomic E-state index is 0.0798. The first-order valence-corrected chi connectivity index (χ1v) is 6.74. The summed E-state index contributed by atoms with van der Waals surface area (Å²) in [4.78, 5) is 0. The highest BCUT2D eigenvalue weighted by Gasteiger charge is 2.22. The molecular formula is C15H24N2O. The van der Waals surface area contributed by atoms with Crippen molar-refractivity contribution < 1.29 is 4.74 Å². The fraction of sp³-hybridized carbons (Fsp3) is 0.600. The maximum Gasteiger partial charge on any atom is 0.120 e. The van der Waals surface area contributed by atoms with Crippen molar-refractivity contribution in [1.82, 2.24) is 5.32 Å². The summed E-state index contributed by atoms with van der Waals surface area (Å²) >= 11 is 0. The SMILES string of the molecule is CC(C)(C)Oc1ccc(C(N)C2CCCN2)cc1. The topological polar surface area (TPSA) is 47.3 Å². The lowest BCUT2D eigenvalue weighted by atomic mass is 9.99. The predicted octanol–water partition coefficient (Wildman–Crippen LogP) is 2.62. The number of ether oxygens (including phenoxy) is 1. The summed E-state index contributed by atoms with van der Waals surface area (Å²) in [6.45, 7) is 7.24. The Hall–Kier alpha value is -1.06. The smallest absolute Gasteiger partial charge is 0.120 e. The van der Waals surface area contributed by atoms with Gasteiger partial charge in [0.2, 0.25) is 0 Å².